The van der Waals surface area contributed by atoms with Crippen molar-refractivity contribution >= 4 is 39.3 Å². The summed E-state index contributed by atoms with van der Waals surface area (Å²) in [4.78, 5) is 19.7. The standard InChI is InChI=1S/C15H13BrN2O2S/c1-20-11-4-2-10(3-5-11)15(19)18-6-7-21-14-12(16)8-17-9-13(14)18/h2-5,8-9H,6-7H2,1H3. The molecule has 3 rings (SSSR count). The highest BCUT2D eigenvalue weighted by Crippen LogP contribution is 2.39. The molecule has 1 aromatic heterocycles. The predicted octanol–water partition coefficient (Wildman–Crippen LogP) is 3.61. The van der Waals surface area contributed by atoms with Gasteiger partial charge in [0, 0.05) is 29.0 Å². The number of hydrogen-bond donors (Lipinski definition) is 0. The molecule has 1 amide bonds. The van der Waals surface area contributed by atoms with Crippen LogP contribution in [0.25, 0.3) is 0 Å². The van der Waals surface area contributed by atoms with Gasteiger partial charge in [-0.25, -0.2) is 0 Å². The van der Waals surface area contributed by atoms with E-state index in [-0.39, 0.29) is 5.91 Å². The number of halogens is 1. The second-order valence-electron chi connectivity index (χ2n) is 4.50. The normalized spacial score (nSPS) is 13.7. The largest absolute Gasteiger partial charge is 0.497 e. The number of pyridine rings is 1. The van der Waals surface area contributed by atoms with Crippen LogP contribution >= 0.6 is 27.7 Å². The molecule has 0 spiro atoms. The first-order valence-corrected chi connectivity index (χ1v) is 8.21. The molecule has 1 aliphatic heterocycles. The van der Waals surface area contributed by atoms with Crippen molar-refractivity contribution in [1.82, 2.24) is 4.98 Å². The van der Waals surface area contributed by atoms with Crippen LogP contribution in [-0.4, -0.2) is 30.3 Å². The maximum atomic E-state index is 12.7. The van der Waals surface area contributed by atoms with E-state index in [2.05, 4.69) is 20.9 Å². The molecule has 2 aromatic rings. The van der Waals surface area contributed by atoms with Crippen molar-refractivity contribution in [3.05, 3.63) is 46.7 Å². The van der Waals surface area contributed by atoms with Gasteiger partial charge in [0.1, 0.15) is 5.75 Å². The van der Waals surface area contributed by atoms with Crippen LogP contribution in [0.2, 0.25) is 0 Å². The third-order valence-corrected chi connectivity index (χ3v) is 5.24. The molecule has 0 saturated carbocycles. The average molecular weight is 365 g/mol. The molecule has 1 aliphatic rings. The predicted molar refractivity (Wildman–Crippen MR) is 87.3 cm³/mol. The molecule has 0 saturated heterocycles. The van der Waals surface area contributed by atoms with Gasteiger partial charge in [0.15, 0.2) is 0 Å². The van der Waals surface area contributed by atoms with Crippen LogP contribution < -0.4 is 9.64 Å². The van der Waals surface area contributed by atoms with Crippen LogP contribution in [0.3, 0.4) is 0 Å². The van der Waals surface area contributed by atoms with Crippen LogP contribution in [-0.2, 0) is 0 Å². The van der Waals surface area contributed by atoms with Gasteiger partial charge < -0.3 is 9.64 Å². The van der Waals surface area contributed by atoms with Crippen molar-refractivity contribution < 1.29 is 9.53 Å². The van der Waals surface area contributed by atoms with Crippen molar-refractivity contribution in [2.45, 2.75) is 4.90 Å². The Kier molecular flexibility index (Phi) is 4.17. The van der Waals surface area contributed by atoms with Crippen LogP contribution in [0, 0.1) is 0 Å². The average Bonchev–Trinajstić information content (AvgIpc) is 2.54. The highest BCUT2D eigenvalue weighted by molar-refractivity contribution is 9.10. The van der Waals surface area contributed by atoms with E-state index in [0.717, 1.165) is 26.6 Å². The summed E-state index contributed by atoms with van der Waals surface area (Å²) in [6, 6.07) is 7.17. The van der Waals surface area contributed by atoms with Gasteiger partial charge >= 0.3 is 0 Å². The van der Waals surface area contributed by atoms with Gasteiger partial charge in [-0.3, -0.25) is 9.78 Å². The molecule has 2 heterocycles. The third-order valence-electron chi connectivity index (χ3n) is 3.27. The Morgan fingerprint density at radius 1 is 1.33 bits per heavy atom. The zero-order valence-corrected chi connectivity index (χ0v) is 13.8. The molecule has 0 N–H and O–H groups in total. The number of hydrogen-bond acceptors (Lipinski definition) is 4. The number of carbonyl (C=O) groups is 1. The smallest absolute Gasteiger partial charge is 0.258 e. The highest BCUT2D eigenvalue weighted by atomic mass is 79.9. The summed E-state index contributed by atoms with van der Waals surface area (Å²) in [5, 5.41) is 0. The van der Waals surface area contributed by atoms with Gasteiger partial charge in [0.2, 0.25) is 0 Å². The van der Waals surface area contributed by atoms with E-state index >= 15 is 0 Å². The minimum atomic E-state index is -0.0147. The number of anilines is 1. The number of amides is 1. The molecule has 0 aliphatic carbocycles. The maximum absolute atomic E-state index is 12.7. The van der Waals surface area contributed by atoms with E-state index < -0.39 is 0 Å². The quantitative estimate of drug-likeness (QED) is 0.816. The maximum Gasteiger partial charge on any atom is 0.258 e. The molecular formula is C15H13BrN2O2S. The zero-order valence-electron chi connectivity index (χ0n) is 11.4. The van der Waals surface area contributed by atoms with E-state index in [4.69, 9.17) is 4.74 Å². The summed E-state index contributed by atoms with van der Waals surface area (Å²) in [5.41, 5.74) is 1.51. The lowest BCUT2D eigenvalue weighted by Gasteiger charge is -2.29. The molecule has 108 valence electrons. The fraction of sp³-hybridized carbons (Fsp3) is 0.200. The summed E-state index contributed by atoms with van der Waals surface area (Å²) in [7, 11) is 1.61. The van der Waals surface area contributed by atoms with Crippen molar-refractivity contribution in [2.24, 2.45) is 0 Å². The first kappa shape index (κ1) is 14.4. The Hall–Kier alpha value is -1.53. The molecular weight excluding hydrogens is 352 g/mol. The van der Waals surface area contributed by atoms with Crippen LogP contribution in [0.1, 0.15) is 10.4 Å². The molecule has 1 aromatic carbocycles. The van der Waals surface area contributed by atoms with E-state index in [9.17, 15) is 4.79 Å². The van der Waals surface area contributed by atoms with Gasteiger partial charge in [-0.1, -0.05) is 0 Å². The fourth-order valence-corrected chi connectivity index (χ4v) is 3.85. The second-order valence-corrected chi connectivity index (χ2v) is 6.46. The lowest BCUT2D eigenvalue weighted by Crippen LogP contribution is -2.35. The molecule has 0 radical (unpaired) electrons. The lowest BCUT2D eigenvalue weighted by molar-refractivity contribution is 0.0987. The summed E-state index contributed by atoms with van der Waals surface area (Å²) >= 11 is 5.23. The summed E-state index contributed by atoms with van der Waals surface area (Å²) < 4.78 is 6.05. The Labute approximate surface area is 135 Å². The number of carbonyl (C=O) groups excluding carboxylic acids is 1. The Balaban J connectivity index is 1.94. The number of thioether (sulfide) groups is 1. The monoisotopic (exact) mass is 364 g/mol. The van der Waals surface area contributed by atoms with Gasteiger partial charge in [-0.05, 0) is 40.2 Å². The van der Waals surface area contributed by atoms with Crippen molar-refractivity contribution in [1.29, 1.82) is 0 Å². The second kappa shape index (κ2) is 6.07. The number of ether oxygens (including phenoxy) is 1. The van der Waals surface area contributed by atoms with Crippen molar-refractivity contribution in [3.8, 4) is 5.75 Å². The lowest BCUT2D eigenvalue weighted by atomic mass is 10.2. The summed E-state index contributed by atoms with van der Waals surface area (Å²) in [5.74, 6) is 1.60. The molecule has 0 atom stereocenters. The van der Waals surface area contributed by atoms with E-state index in [1.165, 1.54) is 0 Å². The van der Waals surface area contributed by atoms with Crippen LogP contribution in [0.4, 0.5) is 5.69 Å². The van der Waals surface area contributed by atoms with Crippen molar-refractivity contribution in [2.75, 3.05) is 24.3 Å². The van der Waals surface area contributed by atoms with Crippen molar-refractivity contribution in [3.63, 3.8) is 0 Å². The molecule has 4 nitrogen and oxygen atoms in total. The van der Waals surface area contributed by atoms with Gasteiger partial charge in [0.05, 0.1) is 23.5 Å². The number of aromatic nitrogens is 1. The van der Waals surface area contributed by atoms with Gasteiger partial charge in [-0.2, -0.15) is 0 Å². The van der Waals surface area contributed by atoms with E-state index in [1.54, 1.807) is 60.4 Å². The Morgan fingerprint density at radius 2 is 2.10 bits per heavy atom. The molecule has 0 fully saturated rings. The number of fused-ring (bicyclic) bond motifs is 1. The third kappa shape index (κ3) is 2.78. The number of nitrogens with zero attached hydrogens (tertiary/aromatic N) is 2. The number of benzene rings is 1. The number of rotatable bonds is 2. The van der Waals surface area contributed by atoms with Crippen LogP contribution in [0.5, 0.6) is 5.75 Å². The number of methoxy groups -OCH3 is 1. The molecule has 0 bridgehead atoms. The van der Waals surface area contributed by atoms with Gasteiger partial charge in [-0.15, -0.1) is 11.8 Å². The topological polar surface area (TPSA) is 42.4 Å². The first-order valence-electron chi connectivity index (χ1n) is 6.43. The van der Waals surface area contributed by atoms with Crippen LogP contribution in [0.15, 0.2) is 46.0 Å². The summed E-state index contributed by atoms with van der Waals surface area (Å²) in [6.07, 6.45) is 3.50. The van der Waals surface area contributed by atoms with E-state index in [1.807, 2.05) is 0 Å². The Morgan fingerprint density at radius 3 is 2.81 bits per heavy atom. The molecule has 21 heavy (non-hydrogen) atoms. The first-order chi connectivity index (χ1) is 10.2. The molecule has 0 unspecified atom stereocenters. The zero-order chi connectivity index (χ0) is 14.8. The summed E-state index contributed by atoms with van der Waals surface area (Å²) in [6.45, 7) is 0.681. The minimum Gasteiger partial charge on any atom is -0.497 e. The molecule has 6 heteroatoms. The minimum absolute atomic E-state index is 0.0147. The highest BCUT2D eigenvalue weighted by Gasteiger charge is 2.25. The fourth-order valence-electron chi connectivity index (χ4n) is 2.21. The van der Waals surface area contributed by atoms with Gasteiger partial charge in [0.25, 0.3) is 5.91 Å². The van der Waals surface area contributed by atoms with E-state index in [0.29, 0.717) is 12.1 Å². The SMILES string of the molecule is COc1ccc(C(=O)N2CCSc3c(Br)cncc32)cc1. The Bertz CT molecular complexity index is 676.